The molecule has 0 unspecified atom stereocenters. The third-order valence-electron chi connectivity index (χ3n) is 4.03. The van der Waals surface area contributed by atoms with E-state index in [1.54, 1.807) is 38.4 Å². The third kappa shape index (κ3) is 3.37. The standard InChI is InChI=1S/C18H23NO5/c1-19(2)10-13-14(20)8-11(9-15(13)21)12-6-7-16(22-3)18(24-5)17(12)23-4/h6-7,10-11H,8-9H2,1-5H3. The largest absolute Gasteiger partial charge is 0.493 e. The molecule has 0 bridgehead atoms. The topological polar surface area (TPSA) is 65.1 Å². The third-order valence-corrected chi connectivity index (χ3v) is 4.03. The van der Waals surface area contributed by atoms with Gasteiger partial charge in [0.2, 0.25) is 5.75 Å². The first kappa shape index (κ1) is 17.8. The van der Waals surface area contributed by atoms with E-state index in [0.29, 0.717) is 17.2 Å². The van der Waals surface area contributed by atoms with Gasteiger partial charge in [0.15, 0.2) is 23.1 Å². The summed E-state index contributed by atoms with van der Waals surface area (Å²) in [4.78, 5) is 26.5. The maximum Gasteiger partial charge on any atom is 0.203 e. The van der Waals surface area contributed by atoms with Gasteiger partial charge in [0.1, 0.15) is 0 Å². The first-order valence-electron chi connectivity index (χ1n) is 7.66. The highest BCUT2D eigenvalue weighted by molar-refractivity contribution is 6.22. The van der Waals surface area contributed by atoms with Crippen molar-refractivity contribution in [3.8, 4) is 17.2 Å². The fourth-order valence-corrected chi connectivity index (χ4v) is 2.96. The van der Waals surface area contributed by atoms with Gasteiger partial charge >= 0.3 is 0 Å². The molecule has 1 aliphatic rings. The molecule has 1 aromatic carbocycles. The molecule has 0 amide bonds. The number of carbonyl (C=O) groups is 2. The lowest BCUT2D eigenvalue weighted by Crippen LogP contribution is -2.26. The van der Waals surface area contributed by atoms with Gasteiger partial charge in [0.25, 0.3) is 0 Å². The summed E-state index contributed by atoms with van der Waals surface area (Å²) in [6.45, 7) is 0. The summed E-state index contributed by atoms with van der Waals surface area (Å²) in [5.41, 5.74) is 1.04. The first-order valence-corrected chi connectivity index (χ1v) is 7.66. The van der Waals surface area contributed by atoms with E-state index in [1.807, 2.05) is 6.07 Å². The molecule has 1 aliphatic carbocycles. The van der Waals surface area contributed by atoms with Gasteiger partial charge < -0.3 is 19.1 Å². The van der Waals surface area contributed by atoms with Crippen LogP contribution in [0.2, 0.25) is 0 Å². The Hall–Kier alpha value is -2.50. The minimum Gasteiger partial charge on any atom is -0.493 e. The summed E-state index contributed by atoms with van der Waals surface area (Å²) in [6, 6.07) is 3.59. The molecule has 6 heteroatoms. The van der Waals surface area contributed by atoms with E-state index < -0.39 is 0 Å². The van der Waals surface area contributed by atoms with Crippen molar-refractivity contribution >= 4 is 11.6 Å². The maximum atomic E-state index is 12.4. The number of hydrogen-bond donors (Lipinski definition) is 0. The number of ether oxygens (including phenoxy) is 3. The molecule has 0 radical (unpaired) electrons. The van der Waals surface area contributed by atoms with Crippen LogP contribution in [0, 0.1) is 0 Å². The molecule has 1 aromatic rings. The summed E-state index contributed by atoms with van der Waals surface area (Å²) >= 11 is 0. The van der Waals surface area contributed by atoms with Crippen molar-refractivity contribution < 1.29 is 23.8 Å². The van der Waals surface area contributed by atoms with Crippen LogP contribution in [0.5, 0.6) is 17.2 Å². The Bertz CT molecular complexity index is 658. The van der Waals surface area contributed by atoms with Crippen molar-refractivity contribution in [2.24, 2.45) is 0 Å². The smallest absolute Gasteiger partial charge is 0.203 e. The van der Waals surface area contributed by atoms with Crippen LogP contribution in [-0.2, 0) is 9.59 Å². The lowest BCUT2D eigenvalue weighted by molar-refractivity contribution is -0.124. The molecule has 2 rings (SSSR count). The normalized spacial score (nSPS) is 17.5. The molecular formula is C18H23NO5. The number of nitrogens with zero attached hydrogens (tertiary/aromatic N) is 1. The molecule has 0 atom stereocenters. The Labute approximate surface area is 142 Å². The van der Waals surface area contributed by atoms with Gasteiger partial charge in [-0.25, -0.2) is 0 Å². The van der Waals surface area contributed by atoms with Gasteiger partial charge in [0.05, 0.1) is 26.9 Å². The van der Waals surface area contributed by atoms with E-state index in [4.69, 9.17) is 14.2 Å². The quantitative estimate of drug-likeness (QED) is 0.608. The average molecular weight is 333 g/mol. The Balaban J connectivity index is 2.40. The molecule has 0 aromatic heterocycles. The Morgan fingerprint density at radius 3 is 2.00 bits per heavy atom. The molecule has 0 heterocycles. The molecule has 1 fully saturated rings. The highest BCUT2D eigenvalue weighted by atomic mass is 16.5. The van der Waals surface area contributed by atoms with Crippen molar-refractivity contribution in [2.45, 2.75) is 18.8 Å². The van der Waals surface area contributed by atoms with E-state index >= 15 is 0 Å². The summed E-state index contributed by atoms with van der Waals surface area (Å²) < 4.78 is 16.1. The monoisotopic (exact) mass is 333 g/mol. The van der Waals surface area contributed by atoms with Crippen molar-refractivity contribution in [3.05, 3.63) is 29.5 Å². The molecule has 130 valence electrons. The number of benzene rings is 1. The van der Waals surface area contributed by atoms with Gasteiger partial charge in [-0.2, -0.15) is 0 Å². The number of Topliss-reactive ketones (excluding diaryl/α,β-unsaturated/α-hetero) is 2. The van der Waals surface area contributed by atoms with Gasteiger partial charge in [0, 0.05) is 44.6 Å². The minimum absolute atomic E-state index is 0.151. The number of allylic oxidation sites excluding steroid dienone is 1. The Morgan fingerprint density at radius 1 is 0.958 bits per heavy atom. The van der Waals surface area contributed by atoms with Gasteiger partial charge in [-0.3, -0.25) is 9.59 Å². The highest BCUT2D eigenvalue weighted by Gasteiger charge is 2.34. The van der Waals surface area contributed by atoms with Crippen LogP contribution < -0.4 is 14.2 Å². The second-order valence-corrected chi connectivity index (χ2v) is 5.88. The maximum absolute atomic E-state index is 12.4. The zero-order valence-corrected chi connectivity index (χ0v) is 14.7. The SMILES string of the molecule is COc1ccc(C2CC(=O)C(=CN(C)C)C(=O)C2)c(OC)c1OC. The fourth-order valence-electron chi connectivity index (χ4n) is 2.96. The van der Waals surface area contributed by atoms with E-state index in [9.17, 15) is 9.59 Å². The van der Waals surface area contributed by atoms with Crippen LogP contribution >= 0.6 is 0 Å². The average Bonchev–Trinajstić information content (AvgIpc) is 2.56. The summed E-state index contributed by atoms with van der Waals surface area (Å²) in [5, 5.41) is 0. The van der Waals surface area contributed by atoms with Gasteiger partial charge in [-0.1, -0.05) is 6.07 Å². The predicted molar refractivity (Wildman–Crippen MR) is 89.9 cm³/mol. The lowest BCUT2D eigenvalue weighted by atomic mass is 9.79. The molecule has 6 nitrogen and oxygen atoms in total. The van der Waals surface area contributed by atoms with E-state index in [2.05, 4.69) is 0 Å². The number of carbonyl (C=O) groups excluding carboxylic acids is 2. The predicted octanol–water partition coefficient (Wildman–Crippen LogP) is 2.17. The molecule has 0 N–H and O–H groups in total. The number of methoxy groups -OCH3 is 3. The van der Waals surface area contributed by atoms with Crippen LogP contribution in [0.3, 0.4) is 0 Å². The zero-order valence-electron chi connectivity index (χ0n) is 14.7. The zero-order chi connectivity index (χ0) is 17.9. The van der Waals surface area contributed by atoms with Crippen molar-refractivity contribution in [1.82, 2.24) is 4.90 Å². The Kier molecular flexibility index (Phi) is 5.49. The van der Waals surface area contributed by atoms with Crippen LogP contribution in [0.25, 0.3) is 0 Å². The van der Waals surface area contributed by atoms with Gasteiger partial charge in [-0.05, 0) is 6.07 Å². The first-order chi connectivity index (χ1) is 11.4. The molecule has 0 aliphatic heterocycles. The summed E-state index contributed by atoms with van der Waals surface area (Å²) in [6.07, 6.45) is 2.11. The summed E-state index contributed by atoms with van der Waals surface area (Å²) in [5.74, 6) is 0.969. The molecule has 24 heavy (non-hydrogen) atoms. The molecule has 0 spiro atoms. The molecular weight excluding hydrogens is 310 g/mol. The van der Waals surface area contributed by atoms with Crippen molar-refractivity contribution in [3.63, 3.8) is 0 Å². The second-order valence-electron chi connectivity index (χ2n) is 5.88. The van der Waals surface area contributed by atoms with E-state index in [-0.39, 0.29) is 35.9 Å². The lowest BCUT2D eigenvalue weighted by Gasteiger charge is -2.25. The number of rotatable bonds is 5. The fraction of sp³-hybridized carbons (Fsp3) is 0.444. The van der Waals surface area contributed by atoms with Crippen LogP contribution in [0.4, 0.5) is 0 Å². The second kappa shape index (κ2) is 7.38. The van der Waals surface area contributed by atoms with Crippen molar-refractivity contribution in [2.75, 3.05) is 35.4 Å². The Morgan fingerprint density at radius 2 is 1.54 bits per heavy atom. The van der Waals surface area contributed by atoms with Crippen LogP contribution in [0.15, 0.2) is 23.9 Å². The number of hydrogen-bond acceptors (Lipinski definition) is 6. The highest BCUT2D eigenvalue weighted by Crippen LogP contribution is 2.45. The number of ketones is 2. The summed E-state index contributed by atoms with van der Waals surface area (Å²) in [7, 11) is 8.18. The van der Waals surface area contributed by atoms with Crippen LogP contribution in [0.1, 0.15) is 24.3 Å². The minimum atomic E-state index is -0.237. The van der Waals surface area contributed by atoms with Gasteiger partial charge in [-0.15, -0.1) is 0 Å². The van der Waals surface area contributed by atoms with Crippen LogP contribution in [-0.4, -0.2) is 51.9 Å². The molecule has 1 saturated carbocycles. The van der Waals surface area contributed by atoms with E-state index in [1.165, 1.54) is 14.2 Å². The van der Waals surface area contributed by atoms with E-state index in [0.717, 1.165) is 5.56 Å². The molecule has 0 saturated heterocycles. The van der Waals surface area contributed by atoms with Crippen molar-refractivity contribution in [1.29, 1.82) is 0 Å².